The van der Waals surface area contributed by atoms with E-state index in [1.165, 1.54) is 19.3 Å². The van der Waals surface area contributed by atoms with Crippen LogP contribution in [-0.4, -0.2) is 13.0 Å². The Morgan fingerprint density at radius 1 is 1.30 bits per heavy atom. The molecule has 1 amide bonds. The topological polar surface area (TPSA) is 46.3 Å². The Kier molecular flexibility index (Phi) is 2.68. The molecular formula is C17H22N2O. The van der Waals surface area contributed by atoms with Crippen LogP contribution in [-0.2, 0) is 11.3 Å². The number of carbonyl (C=O) groups excluding carboxylic acids is 1. The molecule has 3 aliphatic carbocycles. The molecule has 0 saturated heterocycles. The Hall–Kier alpha value is -1.35. The molecule has 4 atom stereocenters. The van der Waals surface area contributed by atoms with E-state index in [4.69, 9.17) is 5.73 Å². The first-order valence-corrected chi connectivity index (χ1v) is 7.77. The Morgan fingerprint density at radius 2 is 2.00 bits per heavy atom. The van der Waals surface area contributed by atoms with E-state index in [0.717, 1.165) is 23.1 Å². The summed E-state index contributed by atoms with van der Waals surface area (Å²) in [4.78, 5) is 14.6. The average molecular weight is 270 g/mol. The van der Waals surface area contributed by atoms with E-state index in [2.05, 4.69) is 0 Å². The van der Waals surface area contributed by atoms with Crippen LogP contribution < -0.4 is 10.6 Å². The highest BCUT2D eigenvalue weighted by molar-refractivity contribution is 5.97. The smallest absolute Gasteiger partial charge is 0.230 e. The lowest BCUT2D eigenvalue weighted by Crippen LogP contribution is -2.30. The monoisotopic (exact) mass is 270 g/mol. The SMILES string of the molecule is CN(C(=O)C1C2C3CCC(C3)C12)c1cccc(CN)c1. The molecule has 3 saturated carbocycles. The number of benzene rings is 1. The van der Waals surface area contributed by atoms with Gasteiger partial charge in [0.1, 0.15) is 0 Å². The van der Waals surface area contributed by atoms with Gasteiger partial charge < -0.3 is 10.6 Å². The van der Waals surface area contributed by atoms with Gasteiger partial charge >= 0.3 is 0 Å². The highest BCUT2D eigenvalue weighted by atomic mass is 16.2. The number of amides is 1. The lowest BCUT2D eigenvalue weighted by atomic mass is 10.0. The largest absolute Gasteiger partial charge is 0.326 e. The maximum Gasteiger partial charge on any atom is 0.230 e. The Balaban J connectivity index is 1.52. The van der Waals surface area contributed by atoms with Gasteiger partial charge in [-0.15, -0.1) is 0 Å². The molecule has 0 aromatic heterocycles. The molecule has 0 spiro atoms. The summed E-state index contributed by atoms with van der Waals surface area (Å²) in [6.45, 7) is 0.523. The van der Waals surface area contributed by atoms with Crippen molar-refractivity contribution in [2.45, 2.75) is 25.8 Å². The van der Waals surface area contributed by atoms with Gasteiger partial charge in [0, 0.05) is 25.2 Å². The predicted molar refractivity (Wildman–Crippen MR) is 79.0 cm³/mol. The highest BCUT2D eigenvalue weighted by Gasteiger charge is 2.67. The number of anilines is 1. The van der Waals surface area contributed by atoms with Gasteiger partial charge in [0.05, 0.1) is 0 Å². The quantitative estimate of drug-likeness (QED) is 0.916. The van der Waals surface area contributed by atoms with E-state index in [0.29, 0.717) is 30.2 Å². The molecule has 3 heteroatoms. The van der Waals surface area contributed by atoms with Crippen LogP contribution in [0.4, 0.5) is 5.69 Å². The molecule has 3 aliphatic rings. The van der Waals surface area contributed by atoms with Crippen molar-refractivity contribution in [2.24, 2.45) is 35.3 Å². The van der Waals surface area contributed by atoms with Gasteiger partial charge in [0.25, 0.3) is 0 Å². The molecule has 0 radical (unpaired) electrons. The Morgan fingerprint density at radius 3 is 2.65 bits per heavy atom. The molecule has 1 aromatic carbocycles. The molecule has 2 N–H and O–H groups in total. The molecule has 106 valence electrons. The molecule has 4 rings (SSSR count). The predicted octanol–water partition coefficient (Wildman–Crippen LogP) is 2.40. The minimum atomic E-state index is 0.313. The van der Waals surface area contributed by atoms with Crippen LogP contribution in [0.25, 0.3) is 0 Å². The van der Waals surface area contributed by atoms with E-state index < -0.39 is 0 Å². The van der Waals surface area contributed by atoms with Crippen molar-refractivity contribution in [2.75, 3.05) is 11.9 Å². The summed E-state index contributed by atoms with van der Waals surface area (Å²) in [6.07, 6.45) is 4.12. The first-order chi connectivity index (χ1) is 9.70. The third-order valence-electron chi connectivity index (χ3n) is 5.88. The van der Waals surface area contributed by atoms with Crippen molar-refractivity contribution in [3.05, 3.63) is 29.8 Å². The number of nitrogens with two attached hydrogens (primary N) is 1. The second kappa shape index (κ2) is 4.32. The van der Waals surface area contributed by atoms with Gasteiger partial charge in [-0.1, -0.05) is 12.1 Å². The molecular weight excluding hydrogens is 248 g/mol. The van der Waals surface area contributed by atoms with E-state index >= 15 is 0 Å². The van der Waals surface area contributed by atoms with E-state index in [-0.39, 0.29) is 0 Å². The normalized spacial score (nSPS) is 36.8. The second-order valence-corrected chi connectivity index (χ2v) is 6.78. The molecule has 20 heavy (non-hydrogen) atoms. The fourth-order valence-electron chi connectivity index (χ4n) is 4.90. The van der Waals surface area contributed by atoms with Gasteiger partial charge in [-0.2, -0.15) is 0 Å². The van der Waals surface area contributed by atoms with Crippen molar-refractivity contribution in [3.8, 4) is 0 Å². The van der Waals surface area contributed by atoms with Crippen LogP contribution in [0.3, 0.4) is 0 Å². The van der Waals surface area contributed by atoms with Crippen LogP contribution in [0.2, 0.25) is 0 Å². The van der Waals surface area contributed by atoms with Crippen molar-refractivity contribution in [1.82, 2.24) is 0 Å². The molecule has 3 fully saturated rings. The summed E-state index contributed by atoms with van der Waals surface area (Å²) in [5.41, 5.74) is 7.75. The van der Waals surface area contributed by atoms with Crippen molar-refractivity contribution in [3.63, 3.8) is 0 Å². The van der Waals surface area contributed by atoms with Crippen molar-refractivity contribution >= 4 is 11.6 Å². The van der Waals surface area contributed by atoms with Gasteiger partial charge in [-0.3, -0.25) is 4.79 Å². The zero-order valence-corrected chi connectivity index (χ0v) is 12.0. The molecule has 1 aromatic rings. The minimum absolute atomic E-state index is 0.313. The molecule has 3 nitrogen and oxygen atoms in total. The number of rotatable bonds is 3. The van der Waals surface area contributed by atoms with E-state index in [1.807, 2.05) is 36.2 Å². The Bertz CT molecular complexity index is 540. The maximum absolute atomic E-state index is 12.7. The zero-order chi connectivity index (χ0) is 13.9. The fourth-order valence-corrected chi connectivity index (χ4v) is 4.90. The van der Waals surface area contributed by atoms with Crippen LogP contribution in [0, 0.1) is 29.6 Å². The highest BCUT2D eigenvalue weighted by Crippen LogP contribution is 2.69. The first-order valence-electron chi connectivity index (χ1n) is 7.77. The fraction of sp³-hybridized carbons (Fsp3) is 0.588. The summed E-state index contributed by atoms with van der Waals surface area (Å²) in [5.74, 6) is 3.76. The molecule has 0 aliphatic heterocycles. The van der Waals surface area contributed by atoms with Crippen molar-refractivity contribution < 1.29 is 4.79 Å². The van der Waals surface area contributed by atoms with Gasteiger partial charge in [-0.05, 0) is 60.6 Å². The van der Waals surface area contributed by atoms with Gasteiger partial charge in [0.15, 0.2) is 0 Å². The number of nitrogens with zero attached hydrogens (tertiary/aromatic N) is 1. The number of hydrogen-bond donors (Lipinski definition) is 1. The standard InChI is InChI=1S/C17H22N2O/c1-19(13-4-2-3-10(7-13)9-18)17(20)16-14-11-5-6-12(8-11)15(14)16/h2-4,7,11-12,14-16H,5-6,8-9,18H2,1H3. The number of carbonyl (C=O) groups is 1. The molecule has 4 unspecified atom stereocenters. The lowest BCUT2D eigenvalue weighted by Gasteiger charge is -2.20. The minimum Gasteiger partial charge on any atom is -0.326 e. The van der Waals surface area contributed by atoms with E-state index in [1.54, 1.807) is 0 Å². The zero-order valence-electron chi connectivity index (χ0n) is 12.0. The van der Waals surface area contributed by atoms with E-state index in [9.17, 15) is 4.79 Å². The number of hydrogen-bond acceptors (Lipinski definition) is 2. The van der Waals surface area contributed by atoms with Crippen molar-refractivity contribution in [1.29, 1.82) is 0 Å². The Labute approximate surface area is 120 Å². The maximum atomic E-state index is 12.7. The van der Waals surface area contributed by atoms with Crippen LogP contribution in [0.15, 0.2) is 24.3 Å². The summed E-state index contributed by atoms with van der Waals surface area (Å²) >= 11 is 0. The van der Waals surface area contributed by atoms with Crippen LogP contribution >= 0.6 is 0 Å². The second-order valence-electron chi connectivity index (χ2n) is 6.78. The third kappa shape index (κ3) is 1.65. The number of fused-ring (bicyclic) bond motifs is 5. The van der Waals surface area contributed by atoms with Gasteiger partial charge in [0.2, 0.25) is 5.91 Å². The lowest BCUT2D eigenvalue weighted by molar-refractivity contribution is -0.120. The molecule has 2 bridgehead atoms. The third-order valence-corrected chi connectivity index (χ3v) is 5.88. The summed E-state index contributed by atoms with van der Waals surface area (Å²) < 4.78 is 0. The van der Waals surface area contributed by atoms with Crippen LogP contribution in [0.5, 0.6) is 0 Å². The van der Waals surface area contributed by atoms with Gasteiger partial charge in [-0.25, -0.2) is 0 Å². The summed E-state index contributed by atoms with van der Waals surface area (Å²) in [7, 11) is 1.91. The summed E-state index contributed by atoms with van der Waals surface area (Å²) in [6, 6.07) is 8.03. The van der Waals surface area contributed by atoms with Crippen LogP contribution in [0.1, 0.15) is 24.8 Å². The average Bonchev–Trinajstić information content (AvgIpc) is 2.93. The summed E-state index contributed by atoms with van der Waals surface area (Å²) in [5, 5.41) is 0. The first kappa shape index (κ1) is 12.4. The molecule has 0 heterocycles.